The predicted molar refractivity (Wildman–Crippen MR) is 115 cm³/mol. The number of para-hydroxylation sites is 2. The zero-order chi connectivity index (χ0) is 21.3. The van der Waals surface area contributed by atoms with Crippen LogP contribution in [0.3, 0.4) is 0 Å². The maximum absolute atomic E-state index is 13.4. The van der Waals surface area contributed by atoms with Crippen LogP contribution in [0.15, 0.2) is 48.5 Å². The average molecular weight is 408 g/mol. The van der Waals surface area contributed by atoms with E-state index < -0.39 is 6.10 Å². The van der Waals surface area contributed by atoms with Gasteiger partial charge in [-0.05, 0) is 35.2 Å². The smallest absolute Gasteiger partial charge is 0.265 e. The van der Waals surface area contributed by atoms with Crippen LogP contribution < -0.4 is 9.64 Å². The fourth-order valence-corrected chi connectivity index (χ4v) is 3.81. The molecule has 2 aromatic carbocycles. The van der Waals surface area contributed by atoms with Crippen molar-refractivity contribution in [2.24, 2.45) is 0 Å². The second-order valence-corrected chi connectivity index (χ2v) is 8.75. The summed E-state index contributed by atoms with van der Waals surface area (Å²) < 4.78 is 11.3. The first-order valence-electron chi connectivity index (χ1n) is 10.4. The van der Waals surface area contributed by atoms with E-state index in [2.05, 4.69) is 20.8 Å². The van der Waals surface area contributed by atoms with Crippen molar-refractivity contribution < 1.29 is 19.1 Å². The number of ether oxygens (including phenoxy) is 2. The van der Waals surface area contributed by atoms with Crippen molar-refractivity contribution in [3.63, 3.8) is 0 Å². The van der Waals surface area contributed by atoms with Crippen LogP contribution in [0.5, 0.6) is 5.75 Å². The van der Waals surface area contributed by atoms with Gasteiger partial charge in [-0.1, -0.05) is 45.0 Å². The minimum Gasteiger partial charge on any atom is -0.476 e. The Labute approximate surface area is 177 Å². The highest BCUT2D eigenvalue weighted by Crippen LogP contribution is 2.35. The summed E-state index contributed by atoms with van der Waals surface area (Å²) in [5.41, 5.74) is 2.47. The van der Waals surface area contributed by atoms with E-state index in [4.69, 9.17) is 9.47 Å². The SMILES string of the molecule is CC(C)(C)c1ccc(C(=O)N2C[C@H](C(=O)N3CCOCC3)Oc3ccccc32)cc1. The van der Waals surface area contributed by atoms with Gasteiger partial charge in [0.25, 0.3) is 11.8 Å². The first-order chi connectivity index (χ1) is 14.3. The van der Waals surface area contributed by atoms with Crippen molar-refractivity contribution in [2.45, 2.75) is 32.3 Å². The minimum absolute atomic E-state index is 0.0167. The lowest BCUT2D eigenvalue weighted by atomic mass is 9.86. The second kappa shape index (κ2) is 8.11. The molecule has 0 aromatic heterocycles. The summed E-state index contributed by atoms with van der Waals surface area (Å²) in [6.45, 7) is 8.76. The Bertz CT molecular complexity index is 927. The molecule has 30 heavy (non-hydrogen) atoms. The number of anilines is 1. The Morgan fingerprint density at radius 1 is 0.967 bits per heavy atom. The molecule has 2 aliphatic rings. The van der Waals surface area contributed by atoms with E-state index >= 15 is 0 Å². The molecule has 0 bridgehead atoms. The van der Waals surface area contributed by atoms with Crippen LogP contribution in [0.1, 0.15) is 36.7 Å². The summed E-state index contributed by atoms with van der Waals surface area (Å²) in [5.74, 6) is 0.315. The standard InChI is InChI=1S/C24H28N2O4/c1-24(2,3)18-10-8-17(9-11-18)22(27)26-16-21(23(28)25-12-14-29-15-13-25)30-20-7-5-4-6-19(20)26/h4-11,21H,12-16H2,1-3H3/t21-/m1/s1. The van der Waals surface area contributed by atoms with Crippen LogP contribution in [0.2, 0.25) is 0 Å². The van der Waals surface area contributed by atoms with Gasteiger partial charge in [-0.15, -0.1) is 0 Å². The Hall–Kier alpha value is -2.86. The third kappa shape index (κ3) is 4.05. The maximum atomic E-state index is 13.4. The lowest BCUT2D eigenvalue weighted by Crippen LogP contribution is -2.54. The lowest BCUT2D eigenvalue weighted by Gasteiger charge is -2.37. The monoisotopic (exact) mass is 408 g/mol. The molecule has 4 rings (SSSR count). The third-order valence-electron chi connectivity index (χ3n) is 5.61. The molecule has 2 heterocycles. The number of carbonyl (C=O) groups is 2. The maximum Gasteiger partial charge on any atom is 0.265 e. The van der Waals surface area contributed by atoms with Crippen LogP contribution in [-0.4, -0.2) is 55.7 Å². The topological polar surface area (TPSA) is 59.1 Å². The molecule has 1 atom stereocenters. The van der Waals surface area contributed by atoms with Crippen molar-refractivity contribution in [3.05, 3.63) is 59.7 Å². The minimum atomic E-state index is -0.726. The Balaban J connectivity index is 1.60. The Morgan fingerprint density at radius 2 is 1.63 bits per heavy atom. The summed E-state index contributed by atoms with van der Waals surface area (Å²) >= 11 is 0. The van der Waals surface area contributed by atoms with E-state index in [-0.39, 0.29) is 23.8 Å². The molecule has 2 amide bonds. The van der Waals surface area contributed by atoms with Crippen LogP contribution >= 0.6 is 0 Å². The van der Waals surface area contributed by atoms with Crippen LogP contribution in [-0.2, 0) is 14.9 Å². The Kier molecular flexibility index (Phi) is 5.52. The summed E-state index contributed by atoms with van der Waals surface area (Å²) in [4.78, 5) is 29.8. The number of amides is 2. The number of morpholine rings is 1. The van der Waals surface area contributed by atoms with E-state index in [9.17, 15) is 9.59 Å². The zero-order valence-electron chi connectivity index (χ0n) is 17.8. The second-order valence-electron chi connectivity index (χ2n) is 8.75. The molecule has 2 aliphatic heterocycles. The average Bonchev–Trinajstić information content (AvgIpc) is 2.77. The van der Waals surface area contributed by atoms with E-state index in [1.807, 2.05) is 42.5 Å². The lowest BCUT2D eigenvalue weighted by molar-refractivity contribution is -0.142. The third-order valence-corrected chi connectivity index (χ3v) is 5.61. The Morgan fingerprint density at radius 3 is 2.30 bits per heavy atom. The fourth-order valence-electron chi connectivity index (χ4n) is 3.81. The summed E-state index contributed by atoms with van der Waals surface area (Å²) in [6, 6.07) is 15.1. The molecule has 1 saturated heterocycles. The molecule has 1 fully saturated rings. The molecule has 0 radical (unpaired) electrons. The van der Waals surface area contributed by atoms with Gasteiger partial charge in [0.15, 0.2) is 6.10 Å². The molecule has 6 nitrogen and oxygen atoms in total. The summed E-state index contributed by atoms with van der Waals surface area (Å²) in [6.07, 6.45) is -0.726. The molecule has 0 saturated carbocycles. The molecule has 0 N–H and O–H groups in total. The van der Waals surface area contributed by atoms with Gasteiger partial charge >= 0.3 is 0 Å². The van der Waals surface area contributed by atoms with Gasteiger partial charge in [-0.25, -0.2) is 0 Å². The highest BCUT2D eigenvalue weighted by molar-refractivity contribution is 6.08. The number of rotatable bonds is 2. The van der Waals surface area contributed by atoms with Gasteiger partial charge in [0, 0.05) is 18.7 Å². The highest BCUT2D eigenvalue weighted by Gasteiger charge is 2.36. The number of hydrogen-bond acceptors (Lipinski definition) is 4. The first-order valence-corrected chi connectivity index (χ1v) is 10.4. The van der Waals surface area contributed by atoms with Gasteiger partial charge in [-0.2, -0.15) is 0 Å². The largest absolute Gasteiger partial charge is 0.476 e. The van der Waals surface area contributed by atoms with Crippen LogP contribution in [0.4, 0.5) is 5.69 Å². The van der Waals surface area contributed by atoms with E-state index in [1.54, 1.807) is 15.9 Å². The van der Waals surface area contributed by atoms with Gasteiger partial charge in [0.05, 0.1) is 25.4 Å². The van der Waals surface area contributed by atoms with E-state index in [0.717, 1.165) is 0 Å². The van der Waals surface area contributed by atoms with Crippen molar-refractivity contribution in [2.75, 3.05) is 37.7 Å². The summed E-state index contributed by atoms with van der Waals surface area (Å²) in [7, 11) is 0. The van der Waals surface area contributed by atoms with Crippen LogP contribution in [0.25, 0.3) is 0 Å². The van der Waals surface area contributed by atoms with Crippen molar-refractivity contribution in [1.29, 1.82) is 0 Å². The normalized spacial score (nSPS) is 19.1. The molecule has 2 aromatic rings. The molecule has 0 unspecified atom stereocenters. The van der Waals surface area contributed by atoms with E-state index in [1.165, 1.54) is 5.56 Å². The molecule has 0 aliphatic carbocycles. The fraction of sp³-hybridized carbons (Fsp3) is 0.417. The number of nitrogens with zero attached hydrogens (tertiary/aromatic N) is 2. The van der Waals surface area contributed by atoms with Gasteiger partial charge in [0.2, 0.25) is 0 Å². The molecular formula is C24H28N2O4. The number of hydrogen-bond donors (Lipinski definition) is 0. The van der Waals surface area contributed by atoms with Crippen molar-refractivity contribution >= 4 is 17.5 Å². The van der Waals surface area contributed by atoms with Gasteiger partial charge in [0.1, 0.15) is 5.75 Å². The molecule has 0 spiro atoms. The quantitative estimate of drug-likeness (QED) is 0.765. The number of benzene rings is 2. The first kappa shape index (κ1) is 20.4. The van der Waals surface area contributed by atoms with Crippen LogP contribution in [0, 0.1) is 0 Å². The molecule has 6 heteroatoms. The van der Waals surface area contributed by atoms with Gasteiger partial charge < -0.3 is 19.3 Å². The summed E-state index contributed by atoms with van der Waals surface area (Å²) in [5, 5.41) is 0. The van der Waals surface area contributed by atoms with E-state index in [0.29, 0.717) is 43.3 Å². The predicted octanol–water partition coefficient (Wildman–Crippen LogP) is 3.25. The molecular weight excluding hydrogens is 380 g/mol. The highest BCUT2D eigenvalue weighted by atomic mass is 16.5. The van der Waals surface area contributed by atoms with Crippen molar-refractivity contribution in [3.8, 4) is 5.75 Å². The number of fused-ring (bicyclic) bond motifs is 1. The van der Waals surface area contributed by atoms with Gasteiger partial charge in [-0.3, -0.25) is 9.59 Å². The zero-order valence-corrected chi connectivity index (χ0v) is 17.8. The van der Waals surface area contributed by atoms with Crippen molar-refractivity contribution in [1.82, 2.24) is 4.90 Å². The number of carbonyl (C=O) groups excluding carboxylic acids is 2. The molecule has 158 valence electrons.